The maximum atomic E-state index is 12.3. The summed E-state index contributed by atoms with van der Waals surface area (Å²) in [5.74, 6) is 0. The van der Waals surface area contributed by atoms with Crippen LogP contribution in [0.15, 0.2) is 30.3 Å². The standard InChI is InChI=1S/C21H34N2O2/c1-5-18(16-17-10-7-6-8-11-17)22-19-12-9-14-23(15-13-19)20(24)25-21(2,3)4/h6-8,10-11,18-19,22H,5,9,12-16H2,1-4H3. The van der Waals surface area contributed by atoms with Gasteiger partial charge in [0.1, 0.15) is 5.60 Å². The van der Waals surface area contributed by atoms with E-state index in [0.717, 1.165) is 45.2 Å². The molecule has 1 aliphatic rings. The Labute approximate surface area is 152 Å². The van der Waals surface area contributed by atoms with Gasteiger partial charge < -0.3 is 15.0 Å². The van der Waals surface area contributed by atoms with Gasteiger partial charge in [0.2, 0.25) is 0 Å². The van der Waals surface area contributed by atoms with Crippen molar-refractivity contribution in [3.05, 3.63) is 35.9 Å². The molecule has 25 heavy (non-hydrogen) atoms. The van der Waals surface area contributed by atoms with Crippen molar-refractivity contribution >= 4 is 6.09 Å². The fourth-order valence-corrected chi connectivity index (χ4v) is 3.33. The zero-order valence-electron chi connectivity index (χ0n) is 16.3. The fourth-order valence-electron chi connectivity index (χ4n) is 3.33. The third-order valence-electron chi connectivity index (χ3n) is 4.67. The first kappa shape index (κ1) is 19.8. The average molecular weight is 347 g/mol. The van der Waals surface area contributed by atoms with Crippen LogP contribution < -0.4 is 5.32 Å². The normalized spacial score (nSPS) is 20.0. The molecule has 2 rings (SSSR count). The van der Waals surface area contributed by atoms with Crippen LogP contribution in [0.1, 0.15) is 58.9 Å². The van der Waals surface area contributed by atoms with Crippen LogP contribution in [0.4, 0.5) is 4.79 Å². The van der Waals surface area contributed by atoms with Crippen LogP contribution in [-0.4, -0.2) is 41.8 Å². The van der Waals surface area contributed by atoms with E-state index in [2.05, 4.69) is 42.6 Å². The number of ether oxygens (including phenoxy) is 1. The van der Waals surface area contributed by atoms with Crippen LogP contribution in [0, 0.1) is 0 Å². The topological polar surface area (TPSA) is 41.6 Å². The molecule has 0 aliphatic carbocycles. The lowest BCUT2D eigenvalue weighted by Gasteiger charge is -2.27. The minimum Gasteiger partial charge on any atom is -0.444 e. The third-order valence-corrected chi connectivity index (χ3v) is 4.67. The number of carbonyl (C=O) groups is 1. The molecule has 0 saturated carbocycles. The van der Waals surface area contributed by atoms with Gasteiger partial charge >= 0.3 is 6.09 Å². The van der Waals surface area contributed by atoms with Gasteiger partial charge in [-0.05, 0) is 58.4 Å². The second kappa shape index (κ2) is 9.23. The zero-order chi connectivity index (χ0) is 18.3. The molecule has 1 fully saturated rings. The summed E-state index contributed by atoms with van der Waals surface area (Å²) in [7, 11) is 0. The van der Waals surface area contributed by atoms with Crippen LogP contribution in [-0.2, 0) is 11.2 Å². The zero-order valence-corrected chi connectivity index (χ0v) is 16.3. The second-order valence-corrected chi connectivity index (χ2v) is 8.06. The maximum Gasteiger partial charge on any atom is 0.410 e. The van der Waals surface area contributed by atoms with Crippen molar-refractivity contribution in [3.8, 4) is 0 Å². The van der Waals surface area contributed by atoms with E-state index in [9.17, 15) is 4.79 Å². The number of nitrogens with one attached hydrogen (secondary N) is 1. The Hall–Kier alpha value is -1.55. The van der Waals surface area contributed by atoms with E-state index in [4.69, 9.17) is 4.74 Å². The van der Waals surface area contributed by atoms with Gasteiger partial charge in [-0.2, -0.15) is 0 Å². The van der Waals surface area contributed by atoms with Crippen molar-refractivity contribution in [2.24, 2.45) is 0 Å². The number of rotatable bonds is 5. The summed E-state index contributed by atoms with van der Waals surface area (Å²) in [6.07, 6.45) is 5.13. The van der Waals surface area contributed by atoms with Crippen LogP contribution in [0.25, 0.3) is 0 Å². The summed E-state index contributed by atoms with van der Waals surface area (Å²) < 4.78 is 5.52. The Bertz CT molecular complexity index is 524. The third kappa shape index (κ3) is 7.07. The van der Waals surface area contributed by atoms with Crippen molar-refractivity contribution in [1.29, 1.82) is 0 Å². The van der Waals surface area contributed by atoms with E-state index in [-0.39, 0.29) is 6.09 Å². The van der Waals surface area contributed by atoms with Crippen LogP contribution in [0.5, 0.6) is 0 Å². The molecule has 0 aromatic heterocycles. The second-order valence-electron chi connectivity index (χ2n) is 8.06. The highest BCUT2D eigenvalue weighted by molar-refractivity contribution is 5.68. The molecule has 1 saturated heterocycles. The molecule has 0 bridgehead atoms. The first-order valence-corrected chi connectivity index (χ1v) is 9.65. The highest BCUT2D eigenvalue weighted by Gasteiger charge is 2.25. The SMILES string of the molecule is CCC(Cc1ccccc1)NC1CCCN(C(=O)OC(C)(C)C)CC1. The summed E-state index contributed by atoms with van der Waals surface area (Å²) >= 11 is 0. The number of benzene rings is 1. The first-order chi connectivity index (χ1) is 11.9. The summed E-state index contributed by atoms with van der Waals surface area (Å²) in [6, 6.07) is 11.6. The molecule has 4 nitrogen and oxygen atoms in total. The molecular formula is C21H34N2O2. The molecule has 2 atom stereocenters. The molecule has 1 N–H and O–H groups in total. The molecule has 1 aromatic rings. The van der Waals surface area contributed by atoms with Gasteiger partial charge in [-0.3, -0.25) is 0 Å². The predicted octanol–water partition coefficient (Wildman–Crippen LogP) is 4.39. The molecule has 140 valence electrons. The highest BCUT2D eigenvalue weighted by Crippen LogP contribution is 2.17. The smallest absolute Gasteiger partial charge is 0.410 e. The Balaban J connectivity index is 1.84. The first-order valence-electron chi connectivity index (χ1n) is 9.65. The van der Waals surface area contributed by atoms with E-state index in [1.54, 1.807) is 0 Å². The van der Waals surface area contributed by atoms with Gasteiger partial charge in [0.05, 0.1) is 0 Å². The average Bonchev–Trinajstić information content (AvgIpc) is 2.79. The number of nitrogens with zero attached hydrogens (tertiary/aromatic N) is 1. The summed E-state index contributed by atoms with van der Waals surface area (Å²) in [5.41, 5.74) is 0.954. The van der Waals surface area contributed by atoms with Crippen molar-refractivity contribution in [2.45, 2.75) is 77.5 Å². The van der Waals surface area contributed by atoms with E-state index >= 15 is 0 Å². The quantitative estimate of drug-likeness (QED) is 0.860. The number of likely N-dealkylation sites (tertiary alicyclic amines) is 1. The lowest BCUT2D eigenvalue weighted by molar-refractivity contribution is 0.0256. The molecule has 1 amide bonds. The van der Waals surface area contributed by atoms with E-state index in [0.29, 0.717) is 12.1 Å². The fraction of sp³-hybridized carbons (Fsp3) is 0.667. The Morgan fingerprint density at radius 2 is 1.96 bits per heavy atom. The Kier molecular flexibility index (Phi) is 7.30. The van der Waals surface area contributed by atoms with Gasteiger partial charge in [-0.1, -0.05) is 37.3 Å². The molecule has 1 heterocycles. The lowest BCUT2D eigenvalue weighted by Crippen LogP contribution is -2.41. The minimum atomic E-state index is -0.427. The summed E-state index contributed by atoms with van der Waals surface area (Å²) in [5, 5.41) is 3.82. The molecule has 1 aromatic carbocycles. The van der Waals surface area contributed by atoms with Crippen LogP contribution in [0.3, 0.4) is 0 Å². The summed E-state index contributed by atoms with van der Waals surface area (Å²) in [6.45, 7) is 9.56. The Morgan fingerprint density at radius 1 is 1.24 bits per heavy atom. The van der Waals surface area contributed by atoms with Gasteiger partial charge in [-0.15, -0.1) is 0 Å². The van der Waals surface area contributed by atoms with Crippen LogP contribution in [0.2, 0.25) is 0 Å². The van der Waals surface area contributed by atoms with Crippen molar-refractivity contribution in [1.82, 2.24) is 10.2 Å². The van der Waals surface area contributed by atoms with Crippen LogP contribution >= 0.6 is 0 Å². The molecule has 1 aliphatic heterocycles. The largest absolute Gasteiger partial charge is 0.444 e. The van der Waals surface area contributed by atoms with Crippen molar-refractivity contribution in [3.63, 3.8) is 0 Å². The van der Waals surface area contributed by atoms with E-state index in [1.807, 2.05) is 25.7 Å². The number of hydrogen-bond donors (Lipinski definition) is 1. The molecule has 2 unspecified atom stereocenters. The Morgan fingerprint density at radius 3 is 2.60 bits per heavy atom. The highest BCUT2D eigenvalue weighted by atomic mass is 16.6. The molecule has 0 spiro atoms. The molecule has 0 radical (unpaired) electrons. The number of amides is 1. The predicted molar refractivity (Wildman–Crippen MR) is 103 cm³/mol. The molecular weight excluding hydrogens is 312 g/mol. The van der Waals surface area contributed by atoms with Gasteiger partial charge in [0.15, 0.2) is 0 Å². The van der Waals surface area contributed by atoms with Gasteiger partial charge in [0.25, 0.3) is 0 Å². The van der Waals surface area contributed by atoms with Gasteiger partial charge in [-0.25, -0.2) is 4.79 Å². The monoisotopic (exact) mass is 346 g/mol. The number of hydrogen-bond acceptors (Lipinski definition) is 3. The number of carbonyl (C=O) groups excluding carboxylic acids is 1. The minimum absolute atomic E-state index is 0.176. The van der Waals surface area contributed by atoms with E-state index in [1.165, 1.54) is 5.56 Å². The molecule has 4 heteroatoms. The van der Waals surface area contributed by atoms with E-state index < -0.39 is 5.60 Å². The van der Waals surface area contributed by atoms with Gasteiger partial charge in [0, 0.05) is 25.2 Å². The van der Waals surface area contributed by atoms with Crippen molar-refractivity contribution in [2.75, 3.05) is 13.1 Å². The van der Waals surface area contributed by atoms with Crippen molar-refractivity contribution < 1.29 is 9.53 Å². The summed E-state index contributed by atoms with van der Waals surface area (Å²) in [4.78, 5) is 14.1. The maximum absolute atomic E-state index is 12.3. The lowest BCUT2D eigenvalue weighted by atomic mass is 10.0.